The van der Waals surface area contributed by atoms with E-state index in [4.69, 9.17) is 11.6 Å². The van der Waals surface area contributed by atoms with Gasteiger partial charge in [-0.3, -0.25) is 14.2 Å². The molecule has 0 fully saturated rings. The fourth-order valence-electron chi connectivity index (χ4n) is 2.65. The second-order valence-corrected chi connectivity index (χ2v) is 5.73. The molecule has 1 aromatic carbocycles. The molecule has 0 spiro atoms. The summed E-state index contributed by atoms with van der Waals surface area (Å²) in [4.78, 5) is 21.9. The molecule has 0 bridgehead atoms. The van der Waals surface area contributed by atoms with Gasteiger partial charge in [0.25, 0.3) is 0 Å². The molecule has 0 N–H and O–H groups in total. The summed E-state index contributed by atoms with van der Waals surface area (Å²) in [5.41, 5.74) is 2.98. The third kappa shape index (κ3) is 2.47. The standard InChI is InChI=1S/C19H12ClN3O/c20-14-9-10-16-22-17(13-6-2-1-3-7-13)18(23(16)12-14)19(24)15-8-4-5-11-21-15/h1-12H. The van der Waals surface area contributed by atoms with E-state index in [0.717, 1.165) is 5.56 Å². The van der Waals surface area contributed by atoms with Crippen molar-refractivity contribution in [3.63, 3.8) is 0 Å². The van der Waals surface area contributed by atoms with Crippen LogP contribution in [0.5, 0.6) is 0 Å². The minimum absolute atomic E-state index is 0.191. The summed E-state index contributed by atoms with van der Waals surface area (Å²) in [5, 5.41) is 0.537. The summed E-state index contributed by atoms with van der Waals surface area (Å²) in [7, 11) is 0. The lowest BCUT2D eigenvalue weighted by Crippen LogP contribution is -2.08. The maximum Gasteiger partial charge on any atom is 0.230 e. The Morgan fingerprint density at radius 1 is 0.958 bits per heavy atom. The van der Waals surface area contributed by atoms with Crippen molar-refractivity contribution in [2.75, 3.05) is 0 Å². The Balaban J connectivity index is 2.01. The minimum atomic E-state index is -0.191. The molecule has 116 valence electrons. The molecule has 0 unspecified atom stereocenters. The maximum atomic E-state index is 13.1. The fourth-order valence-corrected chi connectivity index (χ4v) is 2.81. The number of fused-ring (bicyclic) bond motifs is 1. The van der Waals surface area contributed by atoms with E-state index in [1.54, 1.807) is 47.1 Å². The number of aromatic nitrogens is 3. The van der Waals surface area contributed by atoms with Crippen molar-refractivity contribution in [3.8, 4) is 11.3 Å². The molecule has 0 saturated carbocycles. The van der Waals surface area contributed by atoms with Crippen molar-refractivity contribution in [2.45, 2.75) is 0 Å². The SMILES string of the molecule is O=C(c1ccccn1)c1c(-c2ccccc2)nc2ccc(Cl)cn12. The van der Waals surface area contributed by atoms with Gasteiger partial charge in [0.15, 0.2) is 0 Å². The van der Waals surface area contributed by atoms with Crippen molar-refractivity contribution >= 4 is 23.0 Å². The van der Waals surface area contributed by atoms with Crippen LogP contribution in [0.15, 0.2) is 73.1 Å². The normalized spacial score (nSPS) is 10.9. The van der Waals surface area contributed by atoms with E-state index >= 15 is 0 Å². The molecule has 0 atom stereocenters. The van der Waals surface area contributed by atoms with Gasteiger partial charge >= 0.3 is 0 Å². The second kappa shape index (κ2) is 5.91. The van der Waals surface area contributed by atoms with Gasteiger partial charge in [-0.1, -0.05) is 48.0 Å². The summed E-state index contributed by atoms with van der Waals surface area (Å²) in [6.45, 7) is 0. The third-order valence-electron chi connectivity index (χ3n) is 3.74. The monoisotopic (exact) mass is 333 g/mol. The molecule has 3 aromatic heterocycles. The molecule has 0 aliphatic heterocycles. The predicted molar refractivity (Wildman–Crippen MR) is 93.3 cm³/mol. The van der Waals surface area contributed by atoms with Gasteiger partial charge in [-0.25, -0.2) is 4.98 Å². The van der Waals surface area contributed by atoms with Gasteiger partial charge in [0.1, 0.15) is 22.7 Å². The summed E-state index contributed by atoms with van der Waals surface area (Å²) in [6.07, 6.45) is 3.30. The van der Waals surface area contributed by atoms with Crippen LogP contribution in [0.25, 0.3) is 16.9 Å². The van der Waals surface area contributed by atoms with E-state index in [1.165, 1.54) is 0 Å². The molecule has 0 amide bonds. The van der Waals surface area contributed by atoms with Gasteiger partial charge in [-0.2, -0.15) is 0 Å². The average molecular weight is 334 g/mol. The molecule has 24 heavy (non-hydrogen) atoms. The van der Waals surface area contributed by atoms with Crippen LogP contribution in [0.4, 0.5) is 0 Å². The quantitative estimate of drug-likeness (QED) is 0.526. The van der Waals surface area contributed by atoms with E-state index in [0.29, 0.717) is 27.8 Å². The van der Waals surface area contributed by atoms with Crippen molar-refractivity contribution in [1.82, 2.24) is 14.4 Å². The summed E-state index contributed by atoms with van der Waals surface area (Å²) >= 11 is 6.12. The fraction of sp³-hybridized carbons (Fsp3) is 0. The molecule has 3 heterocycles. The molecular weight excluding hydrogens is 322 g/mol. The Hall–Kier alpha value is -2.98. The summed E-state index contributed by atoms with van der Waals surface area (Å²) in [5.74, 6) is -0.191. The highest BCUT2D eigenvalue weighted by Crippen LogP contribution is 2.27. The zero-order valence-corrected chi connectivity index (χ0v) is 13.3. The van der Waals surface area contributed by atoms with Gasteiger partial charge in [-0.05, 0) is 24.3 Å². The summed E-state index contributed by atoms with van der Waals surface area (Å²) < 4.78 is 1.72. The van der Waals surface area contributed by atoms with E-state index < -0.39 is 0 Å². The Bertz CT molecular complexity index is 1030. The Morgan fingerprint density at radius 3 is 2.50 bits per heavy atom. The Kier molecular flexibility index (Phi) is 3.59. The highest BCUT2D eigenvalue weighted by atomic mass is 35.5. The Morgan fingerprint density at radius 2 is 1.75 bits per heavy atom. The van der Waals surface area contributed by atoms with E-state index in [9.17, 15) is 4.79 Å². The first-order valence-corrected chi connectivity index (χ1v) is 7.80. The van der Waals surface area contributed by atoms with Gasteiger partial charge in [-0.15, -0.1) is 0 Å². The maximum absolute atomic E-state index is 13.1. The minimum Gasteiger partial charge on any atom is -0.295 e. The van der Waals surface area contributed by atoms with Crippen LogP contribution < -0.4 is 0 Å². The molecule has 4 aromatic rings. The zero-order chi connectivity index (χ0) is 16.5. The molecule has 4 rings (SSSR count). The molecule has 4 nitrogen and oxygen atoms in total. The number of pyridine rings is 2. The van der Waals surface area contributed by atoms with E-state index in [2.05, 4.69) is 9.97 Å². The van der Waals surface area contributed by atoms with Crippen LogP contribution in [0.2, 0.25) is 5.02 Å². The number of imidazole rings is 1. The average Bonchev–Trinajstić information content (AvgIpc) is 3.01. The predicted octanol–water partition coefficient (Wildman–Crippen LogP) is 4.28. The molecule has 0 radical (unpaired) electrons. The van der Waals surface area contributed by atoms with Crippen LogP contribution in [-0.4, -0.2) is 20.2 Å². The van der Waals surface area contributed by atoms with Crippen molar-refractivity contribution in [1.29, 1.82) is 0 Å². The first-order valence-electron chi connectivity index (χ1n) is 7.43. The van der Waals surface area contributed by atoms with Crippen molar-refractivity contribution in [2.24, 2.45) is 0 Å². The lowest BCUT2D eigenvalue weighted by Gasteiger charge is -2.04. The highest BCUT2D eigenvalue weighted by molar-refractivity contribution is 6.30. The third-order valence-corrected chi connectivity index (χ3v) is 3.97. The number of nitrogens with zero attached hydrogens (tertiary/aromatic N) is 3. The van der Waals surface area contributed by atoms with Crippen LogP contribution in [0, 0.1) is 0 Å². The van der Waals surface area contributed by atoms with Crippen molar-refractivity contribution < 1.29 is 4.79 Å². The van der Waals surface area contributed by atoms with E-state index in [1.807, 2.05) is 30.3 Å². The number of hydrogen-bond acceptors (Lipinski definition) is 3. The van der Waals surface area contributed by atoms with Crippen LogP contribution in [0.1, 0.15) is 16.2 Å². The number of hydrogen-bond donors (Lipinski definition) is 0. The van der Waals surface area contributed by atoms with Crippen LogP contribution >= 0.6 is 11.6 Å². The second-order valence-electron chi connectivity index (χ2n) is 5.29. The first-order chi connectivity index (χ1) is 11.7. The lowest BCUT2D eigenvalue weighted by atomic mass is 10.1. The molecule has 0 saturated heterocycles. The smallest absolute Gasteiger partial charge is 0.230 e. The van der Waals surface area contributed by atoms with Gasteiger partial charge in [0.05, 0.1) is 5.02 Å². The van der Waals surface area contributed by atoms with Crippen molar-refractivity contribution in [3.05, 3.63) is 89.5 Å². The first kappa shape index (κ1) is 14.6. The summed E-state index contributed by atoms with van der Waals surface area (Å²) in [6, 6.07) is 18.4. The van der Waals surface area contributed by atoms with Gasteiger partial charge in [0, 0.05) is 18.0 Å². The van der Waals surface area contributed by atoms with Gasteiger partial charge in [0.2, 0.25) is 5.78 Å². The van der Waals surface area contributed by atoms with E-state index in [-0.39, 0.29) is 5.78 Å². The van der Waals surface area contributed by atoms with Gasteiger partial charge < -0.3 is 0 Å². The number of benzene rings is 1. The lowest BCUT2D eigenvalue weighted by molar-refractivity contribution is 0.102. The number of carbonyl (C=O) groups excluding carboxylic acids is 1. The van der Waals surface area contributed by atoms with Crippen LogP contribution in [0.3, 0.4) is 0 Å². The number of rotatable bonds is 3. The molecule has 0 aliphatic rings. The molecular formula is C19H12ClN3O. The topological polar surface area (TPSA) is 47.3 Å². The largest absolute Gasteiger partial charge is 0.295 e. The highest BCUT2D eigenvalue weighted by Gasteiger charge is 2.22. The molecule has 5 heteroatoms. The van der Waals surface area contributed by atoms with Crippen LogP contribution in [-0.2, 0) is 0 Å². The molecule has 0 aliphatic carbocycles. The zero-order valence-electron chi connectivity index (χ0n) is 12.6. The number of ketones is 1. The number of halogens is 1. The number of carbonyl (C=O) groups is 1. The Labute approximate surface area is 143 Å².